The van der Waals surface area contributed by atoms with Gasteiger partial charge in [0.05, 0.1) is 35.1 Å². The molecule has 2 aromatic heterocycles. The molecule has 0 saturated heterocycles. The van der Waals surface area contributed by atoms with Gasteiger partial charge in [0.15, 0.2) is 0 Å². The molecule has 0 aliphatic rings. The monoisotopic (exact) mass is 362 g/mol. The summed E-state index contributed by atoms with van der Waals surface area (Å²) < 4.78 is 12.4. The lowest BCUT2D eigenvalue weighted by Gasteiger charge is -2.12. The van der Waals surface area contributed by atoms with Crippen molar-refractivity contribution in [1.82, 2.24) is 9.72 Å². The Labute approximate surface area is 155 Å². The number of phenols is 1. The van der Waals surface area contributed by atoms with Crippen LogP contribution in [0.3, 0.4) is 0 Å². The Morgan fingerprint density at radius 2 is 1.81 bits per heavy atom. The van der Waals surface area contributed by atoms with Gasteiger partial charge in [-0.3, -0.25) is 0 Å². The Balaban J connectivity index is 2.20. The lowest BCUT2D eigenvalue weighted by atomic mass is 10.0. The summed E-state index contributed by atoms with van der Waals surface area (Å²) in [7, 11) is 1.37. The fourth-order valence-corrected chi connectivity index (χ4v) is 3.48. The molecule has 2 aromatic carbocycles. The molecule has 0 fully saturated rings. The predicted octanol–water partition coefficient (Wildman–Crippen LogP) is 4.39. The number of phenolic OH excluding ortho intramolecular Hbond substituents is 1. The highest BCUT2D eigenvalue weighted by atomic mass is 16.5. The van der Waals surface area contributed by atoms with E-state index in [1.54, 1.807) is 24.3 Å². The summed E-state index contributed by atoms with van der Waals surface area (Å²) in [6.45, 7) is 3.65. The number of fused-ring (bicyclic) bond motifs is 1. The predicted molar refractivity (Wildman–Crippen MR) is 101 cm³/mol. The second-order valence-corrected chi connectivity index (χ2v) is 6.28. The number of ether oxygens (including phenoxy) is 1. The first kappa shape index (κ1) is 16.9. The van der Waals surface area contributed by atoms with E-state index < -0.39 is 5.97 Å². The molecule has 6 nitrogen and oxygen atoms in total. The zero-order chi connectivity index (χ0) is 19.1. The van der Waals surface area contributed by atoms with Crippen molar-refractivity contribution in [2.45, 2.75) is 13.8 Å². The van der Waals surface area contributed by atoms with E-state index in [1.807, 2.05) is 42.7 Å². The maximum Gasteiger partial charge on any atom is 0.340 e. The van der Waals surface area contributed by atoms with Crippen LogP contribution in [0.1, 0.15) is 21.8 Å². The molecule has 0 spiro atoms. The molecule has 6 heteroatoms. The van der Waals surface area contributed by atoms with Crippen molar-refractivity contribution in [3.05, 3.63) is 65.5 Å². The third-order valence-corrected chi connectivity index (χ3v) is 4.64. The topological polar surface area (TPSA) is 77.5 Å². The minimum absolute atomic E-state index is 0.169. The molecule has 4 aromatic rings. The van der Waals surface area contributed by atoms with Crippen LogP contribution >= 0.6 is 0 Å². The minimum atomic E-state index is -0.432. The van der Waals surface area contributed by atoms with Crippen LogP contribution < -0.4 is 0 Å². The first-order valence-electron chi connectivity index (χ1n) is 8.47. The second kappa shape index (κ2) is 6.32. The first-order chi connectivity index (χ1) is 13.0. The molecule has 0 bridgehead atoms. The zero-order valence-electron chi connectivity index (χ0n) is 15.2. The number of benzene rings is 2. The second-order valence-electron chi connectivity index (χ2n) is 6.28. The van der Waals surface area contributed by atoms with Crippen LogP contribution in [0.4, 0.5) is 0 Å². The SMILES string of the molecule is COC(=O)c1c(-c2c(C)noc2C)n(-c2ccc(O)cc2)c2ccccc12. The number of hydrogen-bond acceptors (Lipinski definition) is 5. The maximum atomic E-state index is 12.7. The van der Waals surface area contributed by atoms with Crippen LogP contribution in [0.15, 0.2) is 53.1 Å². The van der Waals surface area contributed by atoms with E-state index in [0.29, 0.717) is 22.7 Å². The van der Waals surface area contributed by atoms with Crippen LogP contribution in [0.2, 0.25) is 0 Å². The summed E-state index contributed by atoms with van der Waals surface area (Å²) in [4.78, 5) is 12.7. The van der Waals surface area contributed by atoms with E-state index in [2.05, 4.69) is 5.16 Å². The van der Waals surface area contributed by atoms with Gasteiger partial charge in [0, 0.05) is 11.1 Å². The van der Waals surface area contributed by atoms with Crippen molar-refractivity contribution < 1.29 is 19.2 Å². The highest BCUT2D eigenvalue weighted by Gasteiger charge is 2.28. The Bertz CT molecular complexity index is 1130. The molecule has 0 radical (unpaired) electrons. The van der Waals surface area contributed by atoms with Gasteiger partial charge in [0.1, 0.15) is 11.5 Å². The molecule has 0 aliphatic heterocycles. The molecule has 2 heterocycles. The Morgan fingerprint density at radius 3 is 2.44 bits per heavy atom. The number of aromatic nitrogens is 2. The fourth-order valence-electron chi connectivity index (χ4n) is 3.48. The number of para-hydroxylation sites is 1. The van der Waals surface area contributed by atoms with Crippen molar-refractivity contribution in [2.75, 3.05) is 7.11 Å². The van der Waals surface area contributed by atoms with Gasteiger partial charge in [0.2, 0.25) is 0 Å². The number of aromatic hydroxyl groups is 1. The number of esters is 1. The van der Waals surface area contributed by atoms with Gasteiger partial charge >= 0.3 is 5.97 Å². The molecule has 0 saturated carbocycles. The quantitative estimate of drug-likeness (QED) is 0.547. The third kappa shape index (κ3) is 2.57. The molecule has 136 valence electrons. The van der Waals surface area contributed by atoms with Crippen LogP contribution in [0.5, 0.6) is 5.75 Å². The first-order valence-corrected chi connectivity index (χ1v) is 8.47. The molecule has 0 unspecified atom stereocenters. The summed E-state index contributed by atoms with van der Waals surface area (Å²) >= 11 is 0. The van der Waals surface area contributed by atoms with Gasteiger partial charge < -0.3 is 18.9 Å². The highest BCUT2D eigenvalue weighted by molar-refractivity contribution is 6.11. The third-order valence-electron chi connectivity index (χ3n) is 4.64. The summed E-state index contributed by atoms with van der Waals surface area (Å²) in [5.74, 6) is 0.349. The van der Waals surface area contributed by atoms with E-state index in [0.717, 1.165) is 22.2 Å². The number of nitrogens with zero attached hydrogens (tertiary/aromatic N) is 2. The lowest BCUT2D eigenvalue weighted by Crippen LogP contribution is -2.05. The van der Waals surface area contributed by atoms with Crippen molar-refractivity contribution in [2.24, 2.45) is 0 Å². The molecular formula is C21H18N2O4. The van der Waals surface area contributed by atoms with E-state index in [9.17, 15) is 9.90 Å². The highest BCUT2D eigenvalue weighted by Crippen LogP contribution is 2.39. The largest absolute Gasteiger partial charge is 0.508 e. The van der Waals surface area contributed by atoms with Gasteiger partial charge in [0.25, 0.3) is 0 Å². The summed E-state index contributed by atoms with van der Waals surface area (Å²) in [6, 6.07) is 14.4. The Hall–Kier alpha value is -3.54. The fraction of sp³-hybridized carbons (Fsp3) is 0.143. The van der Waals surface area contributed by atoms with Crippen LogP contribution in [0.25, 0.3) is 27.8 Å². The smallest absolute Gasteiger partial charge is 0.340 e. The lowest BCUT2D eigenvalue weighted by molar-refractivity contribution is 0.0604. The number of carbonyl (C=O) groups excluding carboxylic acids is 1. The van der Waals surface area contributed by atoms with Crippen LogP contribution in [-0.2, 0) is 4.74 Å². The molecule has 0 atom stereocenters. The minimum Gasteiger partial charge on any atom is -0.508 e. The van der Waals surface area contributed by atoms with E-state index in [1.165, 1.54) is 7.11 Å². The Morgan fingerprint density at radius 1 is 1.11 bits per heavy atom. The van der Waals surface area contributed by atoms with Crippen LogP contribution in [0, 0.1) is 13.8 Å². The number of hydrogen-bond donors (Lipinski definition) is 1. The van der Waals surface area contributed by atoms with Gasteiger partial charge in [-0.1, -0.05) is 23.4 Å². The van der Waals surface area contributed by atoms with E-state index in [-0.39, 0.29) is 5.75 Å². The zero-order valence-corrected chi connectivity index (χ0v) is 15.2. The van der Waals surface area contributed by atoms with Crippen molar-refractivity contribution in [3.8, 4) is 22.7 Å². The van der Waals surface area contributed by atoms with Crippen molar-refractivity contribution >= 4 is 16.9 Å². The summed E-state index contributed by atoms with van der Waals surface area (Å²) in [5, 5.41) is 14.5. The van der Waals surface area contributed by atoms with Gasteiger partial charge in [-0.15, -0.1) is 0 Å². The van der Waals surface area contributed by atoms with Gasteiger partial charge in [-0.05, 0) is 44.2 Å². The average Bonchev–Trinajstić information content (AvgIpc) is 3.18. The van der Waals surface area contributed by atoms with E-state index >= 15 is 0 Å². The molecule has 27 heavy (non-hydrogen) atoms. The normalized spacial score (nSPS) is 11.1. The molecule has 1 N–H and O–H groups in total. The van der Waals surface area contributed by atoms with Crippen molar-refractivity contribution in [3.63, 3.8) is 0 Å². The number of rotatable bonds is 3. The van der Waals surface area contributed by atoms with Gasteiger partial charge in [-0.2, -0.15) is 0 Å². The average molecular weight is 362 g/mol. The summed E-state index contributed by atoms with van der Waals surface area (Å²) in [6.07, 6.45) is 0. The molecular weight excluding hydrogens is 344 g/mol. The number of methoxy groups -OCH3 is 1. The molecule has 0 amide bonds. The van der Waals surface area contributed by atoms with Crippen molar-refractivity contribution in [1.29, 1.82) is 0 Å². The number of aryl methyl sites for hydroxylation is 2. The van der Waals surface area contributed by atoms with Gasteiger partial charge in [-0.25, -0.2) is 4.79 Å². The van der Waals surface area contributed by atoms with Crippen LogP contribution in [-0.4, -0.2) is 27.9 Å². The molecule has 4 rings (SSSR count). The molecule has 0 aliphatic carbocycles. The summed E-state index contributed by atoms with van der Waals surface area (Å²) in [5.41, 5.74) is 4.19. The standard InChI is InChI=1S/C21H18N2O4/c1-12-18(13(2)27-22-12)20-19(21(25)26-3)16-6-4-5-7-17(16)23(20)14-8-10-15(24)11-9-14/h4-11,24H,1-3H3. The Kier molecular flexibility index (Phi) is 3.96. The number of carbonyl (C=O) groups is 1. The maximum absolute atomic E-state index is 12.7. The van der Waals surface area contributed by atoms with E-state index in [4.69, 9.17) is 9.26 Å².